The van der Waals surface area contributed by atoms with E-state index >= 15 is 0 Å². The largest absolute Gasteiger partial charge is 0.485 e. The summed E-state index contributed by atoms with van der Waals surface area (Å²) in [4.78, 5) is 14.0. The maximum atomic E-state index is 12.4. The number of para-hydroxylation sites is 1. The van der Waals surface area contributed by atoms with Gasteiger partial charge in [0.15, 0.2) is 5.11 Å². The van der Waals surface area contributed by atoms with Crippen LogP contribution in [0.3, 0.4) is 0 Å². The van der Waals surface area contributed by atoms with Crippen LogP contribution in [0.15, 0.2) is 46.5 Å². The van der Waals surface area contributed by atoms with E-state index in [1.165, 1.54) is 0 Å². The first-order valence-electron chi connectivity index (χ1n) is 8.70. The number of ether oxygens (including phenoxy) is 1. The van der Waals surface area contributed by atoms with Gasteiger partial charge in [0, 0.05) is 12.6 Å². The van der Waals surface area contributed by atoms with E-state index in [9.17, 15) is 4.79 Å². The van der Waals surface area contributed by atoms with Gasteiger partial charge in [0.25, 0.3) is 5.91 Å². The van der Waals surface area contributed by atoms with E-state index in [1.54, 1.807) is 11.0 Å². The monoisotopic (exact) mass is 370 g/mol. The number of furan rings is 1. The number of hydrogen-bond donors (Lipinski definition) is 1. The highest BCUT2D eigenvalue weighted by molar-refractivity contribution is 7.80. The molecule has 1 saturated heterocycles. The maximum absolute atomic E-state index is 12.4. The number of rotatable bonds is 7. The molecular weight excluding hydrogens is 348 g/mol. The Morgan fingerprint density at radius 3 is 2.85 bits per heavy atom. The van der Waals surface area contributed by atoms with Gasteiger partial charge in [-0.1, -0.05) is 31.5 Å². The molecule has 0 radical (unpaired) electrons. The van der Waals surface area contributed by atoms with Crippen molar-refractivity contribution in [1.82, 2.24) is 10.2 Å². The molecule has 5 nitrogen and oxygen atoms in total. The zero-order valence-corrected chi connectivity index (χ0v) is 15.8. The summed E-state index contributed by atoms with van der Waals surface area (Å²) in [7, 11) is 0. The molecule has 0 bridgehead atoms. The van der Waals surface area contributed by atoms with Crippen LogP contribution >= 0.6 is 12.2 Å². The molecule has 0 atom stereocenters. The van der Waals surface area contributed by atoms with Gasteiger partial charge in [0.05, 0.1) is 0 Å². The zero-order valence-electron chi connectivity index (χ0n) is 15.0. The van der Waals surface area contributed by atoms with Crippen LogP contribution in [0, 0.1) is 6.92 Å². The van der Waals surface area contributed by atoms with E-state index in [2.05, 4.69) is 12.2 Å². The molecule has 136 valence electrons. The molecule has 1 aromatic carbocycles. The Morgan fingerprint density at radius 2 is 2.08 bits per heavy atom. The van der Waals surface area contributed by atoms with Crippen LogP contribution in [-0.4, -0.2) is 22.5 Å². The topological polar surface area (TPSA) is 54.7 Å². The Morgan fingerprint density at radius 1 is 1.27 bits per heavy atom. The van der Waals surface area contributed by atoms with E-state index < -0.39 is 0 Å². The number of nitrogens with zero attached hydrogens (tertiary/aromatic N) is 1. The smallest absolute Gasteiger partial charge is 0.276 e. The first kappa shape index (κ1) is 18.2. The third-order valence-electron chi connectivity index (χ3n) is 4.13. The molecule has 26 heavy (non-hydrogen) atoms. The number of aryl methyl sites for hydroxylation is 1. The molecule has 1 amide bonds. The first-order chi connectivity index (χ1) is 12.6. The number of amides is 1. The number of carbonyl (C=O) groups is 1. The number of carbonyl (C=O) groups excluding carboxylic acids is 1. The lowest BCUT2D eigenvalue weighted by Crippen LogP contribution is -2.31. The van der Waals surface area contributed by atoms with Crippen molar-refractivity contribution >= 4 is 29.3 Å². The Kier molecular flexibility index (Phi) is 5.73. The highest BCUT2D eigenvalue weighted by atomic mass is 32.1. The minimum atomic E-state index is -0.113. The highest BCUT2D eigenvalue weighted by Gasteiger charge is 2.30. The summed E-state index contributed by atoms with van der Waals surface area (Å²) in [6.07, 6.45) is 3.60. The van der Waals surface area contributed by atoms with Crippen LogP contribution in [0.4, 0.5) is 0 Å². The predicted octanol–water partition coefficient (Wildman–Crippen LogP) is 4.02. The fourth-order valence-electron chi connectivity index (χ4n) is 2.65. The molecule has 1 N–H and O–H groups in total. The van der Waals surface area contributed by atoms with Crippen molar-refractivity contribution in [1.29, 1.82) is 0 Å². The predicted molar refractivity (Wildman–Crippen MR) is 105 cm³/mol. The minimum Gasteiger partial charge on any atom is -0.485 e. The molecule has 0 spiro atoms. The molecule has 1 aliphatic rings. The molecule has 6 heteroatoms. The van der Waals surface area contributed by atoms with Gasteiger partial charge in [-0.15, -0.1) is 0 Å². The molecule has 0 aliphatic carbocycles. The van der Waals surface area contributed by atoms with Crippen molar-refractivity contribution in [3.8, 4) is 5.75 Å². The Balaban J connectivity index is 1.65. The van der Waals surface area contributed by atoms with E-state index in [0.717, 1.165) is 24.2 Å². The summed E-state index contributed by atoms with van der Waals surface area (Å²) < 4.78 is 11.5. The lowest BCUT2D eigenvalue weighted by Gasteiger charge is -2.12. The Hall–Kier alpha value is -2.60. The van der Waals surface area contributed by atoms with Crippen LogP contribution in [0.25, 0.3) is 6.08 Å². The molecule has 0 unspecified atom stereocenters. The lowest BCUT2D eigenvalue weighted by molar-refractivity contribution is -0.122. The van der Waals surface area contributed by atoms with Crippen molar-refractivity contribution in [2.24, 2.45) is 0 Å². The SMILES string of the molecule is CCCCN1C(=O)/C(=C\c2ccc(COc3ccccc3C)o2)NC1=S. The normalized spacial score (nSPS) is 15.6. The molecular formula is C20H22N2O3S. The second kappa shape index (κ2) is 8.19. The maximum Gasteiger partial charge on any atom is 0.276 e. The highest BCUT2D eigenvalue weighted by Crippen LogP contribution is 2.20. The average Bonchev–Trinajstić information content (AvgIpc) is 3.18. The van der Waals surface area contributed by atoms with Crippen LogP contribution in [0.5, 0.6) is 5.75 Å². The zero-order chi connectivity index (χ0) is 18.5. The number of hydrogen-bond acceptors (Lipinski definition) is 4. The van der Waals surface area contributed by atoms with Crippen LogP contribution in [0.2, 0.25) is 0 Å². The van der Waals surface area contributed by atoms with Gasteiger partial charge in [0.2, 0.25) is 0 Å². The van der Waals surface area contributed by atoms with Gasteiger partial charge >= 0.3 is 0 Å². The van der Waals surface area contributed by atoms with Crippen molar-refractivity contribution in [2.45, 2.75) is 33.3 Å². The average molecular weight is 370 g/mol. The third-order valence-corrected chi connectivity index (χ3v) is 4.45. The summed E-state index contributed by atoms with van der Waals surface area (Å²) >= 11 is 5.24. The van der Waals surface area contributed by atoms with Gasteiger partial charge in [-0.05, 0) is 49.3 Å². The standard InChI is InChI=1S/C20H22N2O3S/c1-3-4-11-22-19(23)17(21-20(22)26)12-15-9-10-16(25-15)13-24-18-8-6-5-7-14(18)2/h5-10,12H,3-4,11,13H2,1-2H3,(H,21,26)/b17-12+. The number of unbranched alkanes of at least 4 members (excludes halogenated alkanes) is 1. The second-order valence-electron chi connectivity index (χ2n) is 6.16. The van der Waals surface area contributed by atoms with Gasteiger partial charge < -0.3 is 14.5 Å². The van der Waals surface area contributed by atoms with Gasteiger partial charge in [-0.2, -0.15) is 0 Å². The van der Waals surface area contributed by atoms with E-state index in [4.69, 9.17) is 21.4 Å². The quantitative estimate of drug-likeness (QED) is 0.589. The van der Waals surface area contributed by atoms with Gasteiger partial charge in [-0.3, -0.25) is 9.69 Å². The fourth-order valence-corrected chi connectivity index (χ4v) is 2.93. The summed E-state index contributed by atoms with van der Waals surface area (Å²) in [5.74, 6) is 1.99. The van der Waals surface area contributed by atoms with Crippen molar-refractivity contribution < 1.29 is 13.9 Å². The Labute approximate surface area is 158 Å². The van der Waals surface area contributed by atoms with Gasteiger partial charge in [-0.25, -0.2) is 0 Å². The number of benzene rings is 1. The van der Waals surface area contributed by atoms with Crippen LogP contribution in [0.1, 0.15) is 36.8 Å². The van der Waals surface area contributed by atoms with Crippen molar-refractivity contribution in [3.05, 3.63) is 59.2 Å². The summed E-state index contributed by atoms with van der Waals surface area (Å²) in [6.45, 7) is 5.04. The number of thiocarbonyl (C=S) groups is 1. The fraction of sp³-hybridized carbons (Fsp3) is 0.300. The second-order valence-corrected chi connectivity index (χ2v) is 6.54. The summed E-state index contributed by atoms with van der Waals surface area (Å²) in [6, 6.07) is 11.5. The number of nitrogens with one attached hydrogen (secondary N) is 1. The molecule has 3 rings (SSSR count). The summed E-state index contributed by atoms with van der Waals surface area (Å²) in [5, 5.41) is 3.41. The summed E-state index contributed by atoms with van der Waals surface area (Å²) in [5.41, 5.74) is 1.51. The van der Waals surface area contributed by atoms with Crippen molar-refractivity contribution in [3.63, 3.8) is 0 Å². The van der Waals surface area contributed by atoms with Crippen LogP contribution < -0.4 is 10.1 Å². The first-order valence-corrected chi connectivity index (χ1v) is 9.11. The molecule has 1 aliphatic heterocycles. The van der Waals surface area contributed by atoms with Crippen molar-refractivity contribution in [2.75, 3.05) is 6.54 Å². The molecule has 1 aromatic heterocycles. The van der Waals surface area contributed by atoms with Gasteiger partial charge in [0.1, 0.15) is 29.6 Å². The lowest BCUT2D eigenvalue weighted by atomic mass is 10.2. The van der Waals surface area contributed by atoms with E-state index in [0.29, 0.717) is 35.5 Å². The molecule has 2 aromatic rings. The van der Waals surface area contributed by atoms with Crippen LogP contribution in [-0.2, 0) is 11.4 Å². The molecule has 2 heterocycles. The third kappa shape index (κ3) is 4.14. The minimum absolute atomic E-state index is 0.113. The van der Waals surface area contributed by atoms with E-state index in [-0.39, 0.29) is 5.91 Å². The molecule has 1 fully saturated rings. The Bertz CT molecular complexity index is 841. The molecule has 0 saturated carbocycles. The van der Waals surface area contributed by atoms with E-state index in [1.807, 2.05) is 43.3 Å².